The third-order valence-corrected chi connectivity index (χ3v) is 2.67. The Bertz CT molecular complexity index is 549. The summed E-state index contributed by atoms with van der Waals surface area (Å²) in [6.45, 7) is 0.0872. The van der Waals surface area contributed by atoms with E-state index in [9.17, 15) is 4.79 Å². The first-order valence-electron chi connectivity index (χ1n) is 5.58. The summed E-state index contributed by atoms with van der Waals surface area (Å²) in [6, 6.07) is 12.4. The second-order valence-electron chi connectivity index (χ2n) is 3.59. The van der Waals surface area contributed by atoms with Gasteiger partial charge in [-0.3, -0.25) is 5.32 Å². The number of aromatic nitrogens is 1. The molecule has 2 N–H and O–H groups in total. The van der Waals surface area contributed by atoms with Crippen molar-refractivity contribution in [2.45, 2.75) is 0 Å². The van der Waals surface area contributed by atoms with Crippen molar-refractivity contribution in [1.29, 1.82) is 0 Å². The molecule has 0 spiro atoms. The van der Waals surface area contributed by atoms with Gasteiger partial charge >= 0.3 is 6.03 Å². The quantitative estimate of drug-likeness (QED) is 0.851. The molecule has 1 aromatic carbocycles. The molecule has 2 aromatic rings. The number of hydrogen-bond donors (Lipinski definition) is 2. The molecule has 0 aliphatic rings. The van der Waals surface area contributed by atoms with Crippen LogP contribution in [0.4, 0.5) is 10.6 Å². The zero-order chi connectivity index (χ0) is 13.5. The highest BCUT2D eigenvalue weighted by Crippen LogP contribution is 2.12. The zero-order valence-corrected chi connectivity index (χ0v) is 11.6. The Kier molecular flexibility index (Phi) is 4.74. The van der Waals surface area contributed by atoms with Gasteiger partial charge in [-0.25, -0.2) is 9.78 Å². The number of hydrogen-bond acceptors (Lipinski definition) is 3. The number of amides is 2. The SMILES string of the molecule is O=C(NCOc1ccccc1)Nc1cc(Br)ccn1. The van der Waals surface area contributed by atoms with Crippen molar-refractivity contribution >= 4 is 27.8 Å². The van der Waals surface area contributed by atoms with E-state index in [-0.39, 0.29) is 12.8 Å². The van der Waals surface area contributed by atoms with Gasteiger partial charge in [-0.15, -0.1) is 0 Å². The number of urea groups is 1. The van der Waals surface area contributed by atoms with Crippen LogP contribution in [0.5, 0.6) is 5.75 Å². The lowest BCUT2D eigenvalue weighted by molar-refractivity contribution is 0.234. The summed E-state index contributed by atoms with van der Waals surface area (Å²) >= 11 is 3.30. The molecule has 0 unspecified atom stereocenters. The van der Waals surface area contributed by atoms with Crippen LogP contribution < -0.4 is 15.4 Å². The Hall–Kier alpha value is -2.08. The van der Waals surface area contributed by atoms with Crippen LogP contribution >= 0.6 is 15.9 Å². The number of para-hydroxylation sites is 1. The molecule has 19 heavy (non-hydrogen) atoms. The highest BCUT2D eigenvalue weighted by molar-refractivity contribution is 9.10. The number of carbonyl (C=O) groups is 1. The highest BCUT2D eigenvalue weighted by atomic mass is 79.9. The second kappa shape index (κ2) is 6.75. The lowest BCUT2D eigenvalue weighted by Crippen LogP contribution is -2.32. The van der Waals surface area contributed by atoms with Gasteiger partial charge in [0.1, 0.15) is 11.6 Å². The summed E-state index contributed by atoms with van der Waals surface area (Å²) in [5.74, 6) is 1.16. The highest BCUT2D eigenvalue weighted by Gasteiger charge is 2.02. The summed E-state index contributed by atoms with van der Waals surface area (Å²) in [5.41, 5.74) is 0. The molecule has 1 heterocycles. The predicted molar refractivity (Wildman–Crippen MR) is 76.0 cm³/mol. The summed E-state index contributed by atoms with van der Waals surface area (Å²) in [7, 11) is 0. The fourth-order valence-electron chi connectivity index (χ4n) is 1.34. The maximum absolute atomic E-state index is 11.6. The predicted octanol–water partition coefficient (Wildman–Crippen LogP) is 3.00. The van der Waals surface area contributed by atoms with Crippen molar-refractivity contribution in [3.63, 3.8) is 0 Å². The van der Waals surface area contributed by atoms with E-state index < -0.39 is 0 Å². The molecule has 5 nitrogen and oxygen atoms in total. The number of halogens is 1. The maximum Gasteiger partial charge on any atom is 0.323 e. The molecule has 2 rings (SSSR count). The van der Waals surface area contributed by atoms with Crippen LogP contribution in [0.1, 0.15) is 0 Å². The first kappa shape index (κ1) is 13.4. The molecule has 0 radical (unpaired) electrons. The number of nitrogens with zero attached hydrogens (tertiary/aromatic N) is 1. The Morgan fingerprint density at radius 3 is 2.79 bits per heavy atom. The number of nitrogens with one attached hydrogen (secondary N) is 2. The smallest absolute Gasteiger partial charge is 0.323 e. The maximum atomic E-state index is 11.6. The van der Waals surface area contributed by atoms with Crippen molar-refractivity contribution in [2.75, 3.05) is 12.0 Å². The molecule has 0 aliphatic carbocycles. The third-order valence-electron chi connectivity index (χ3n) is 2.18. The zero-order valence-electron chi connectivity index (χ0n) is 9.97. The van der Waals surface area contributed by atoms with Gasteiger partial charge in [0.2, 0.25) is 0 Å². The number of rotatable bonds is 4. The fourth-order valence-corrected chi connectivity index (χ4v) is 1.67. The van der Waals surface area contributed by atoms with E-state index in [0.717, 1.165) is 4.47 Å². The molecule has 0 aliphatic heterocycles. The lowest BCUT2D eigenvalue weighted by atomic mass is 10.3. The first-order valence-corrected chi connectivity index (χ1v) is 6.37. The molecule has 0 bridgehead atoms. The van der Waals surface area contributed by atoms with Crippen LogP contribution in [0, 0.1) is 0 Å². The van der Waals surface area contributed by atoms with Gasteiger partial charge in [0, 0.05) is 10.7 Å². The van der Waals surface area contributed by atoms with E-state index in [1.807, 2.05) is 30.3 Å². The van der Waals surface area contributed by atoms with Crippen molar-refractivity contribution in [2.24, 2.45) is 0 Å². The summed E-state index contributed by atoms with van der Waals surface area (Å²) in [5, 5.41) is 5.17. The van der Waals surface area contributed by atoms with E-state index >= 15 is 0 Å². The van der Waals surface area contributed by atoms with Gasteiger partial charge in [-0.05, 0) is 24.3 Å². The van der Waals surface area contributed by atoms with Gasteiger partial charge in [0.05, 0.1) is 0 Å². The average Bonchev–Trinajstić information content (AvgIpc) is 2.40. The molecular formula is C13H12BrN3O2. The van der Waals surface area contributed by atoms with Crippen LogP contribution in [-0.4, -0.2) is 17.7 Å². The van der Waals surface area contributed by atoms with E-state index in [0.29, 0.717) is 11.6 Å². The molecule has 1 aromatic heterocycles. The van der Waals surface area contributed by atoms with Crippen LogP contribution in [0.25, 0.3) is 0 Å². The molecule has 0 atom stereocenters. The van der Waals surface area contributed by atoms with E-state index in [4.69, 9.17) is 4.74 Å². The fraction of sp³-hybridized carbons (Fsp3) is 0.0769. The van der Waals surface area contributed by atoms with Crippen molar-refractivity contribution in [1.82, 2.24) is 10.3 Å². The van der Waals surface area contributed by atoms with Gasteiger partial charge in [0.15, 0.2) is 6.73 Å². The summed E-state index contributed by atoms with van der Waals surface area (Å²) in [4.78, 5) is 15.6. The van der Waals surface area contributed by atoms with Crippen LogP contribution in [-0.2, 0) is 0 Å². The molecule has 6 heteroatoms. The number of anilines is 1. The van der Waals surface area contributed by atoms with E-state index in [1.54, 1.807) is 18.3 Å². The largest absolute Gasteiger partial charge is 0.473 e. The Labute approximate surface area is 119 Å². The minimum Gasteiger partial charge on any atom is -0.473 e. The summed E-state index contributed by atoms with van der Waals surface area (Å²) in [6.07, 6.45) is 1.60. The van der Waals surface area contributed by atoms with Gasteiger partial charge in [-0.2, -0.15) is 0 Å². The van der Waals surface area contributed by atoms with Crippen molar-refractivity contribution in [3.05, 3.63) is 53.1 Å². The monoisotopic (exact) mass is 321 g/mol. The number of carbonyl (C=O) groups excluding carboxylic acids is 1. The minimum absolute atomic E-state index is 0.0872. The van der Waals surface area contributed by atoms with Gasteiger partial charge in [0.25, 0.3) is 0 Å². The molecular weight excluding hydrogens is 310 g/mol. The molecule has 2 amide bonds. The Morgan fingerprint density at radius 2 is 2.05 bits per heavy atom. The number of benzene rings is 1. The van der Waals surface area contributed by atoms with Crippen LogP contribution in [0.15, 0.2) is 53.1 Å². The minimum atomic E-state index is -0.374. The third kappa shape index (κ3) is 4.59. The van der Waals surface area contributed by atoms with E-state index in [1.165, 1.54) is 0 Å². The van der Waals surface area contributed by atoms with Crippen LogP contribution in [0.2, 0.25) is 0 Å². The van der Waals surface area contributed by atoms with Crippen molar-refractivity contribution in [3.8, 4) is 5.75 Å². The second-order valence-corrected chi connectivity index (χ2v) is 4.51. The van der Waals surface area contributed by atoms with Crippen molar-refractivity contribution < 1.29 is 9.53 Å². The lowest BCUT2D eigenvalue weighted by Gasteiger charge is -2.08. The Morgan fingerprint density at radius 1 is 1.26 bits per heavy atom. The summed E-state index contributed by atoms with van der Waals surface area (Å²) < 4.78 is 6.18. The Balaban J connectivity index is 1.76. The topological polar surface area (TPSA) is 63.2 Å². The average molecular weight is 322 g/mol. The van der Waals surface area contributed by atoms with E-state index in [2.05, 4.69) is 31.5 Å². The molecule has 0 fully saturated rings. The molecule has 98 valence electrons. The normalized spacial score (nSPS) is 9.74. The van der Waals surface area contributed by atoms with Gasteiger partial charge in [-0.1, -0.05) is 34.1 Å². The van der Waals surface area contributed by atoms with Gasteiger partial charge < -0.3 is 10.1 Å². The molecule has 0 saturated heterocycles. The van der Waals surface area contributed by atoms with Crippen LogP contribution in [0.3, 0.4) is 0 Å². The number of ether oxygens (including phenoxy) is 1. The standard InChI is InChI=1S/C13H12BrN3O2/c14-10-6-7-15-12(8-10)17-13(18)16-9-19-11-4-2-1-3-5-11/h1-8H,9H2,(H2,15,16,17,18). The molecule has 0 saturated carbocycles. The first-order chi connectivity index (χ1) is 9.24. The number of pyridine rings is 1.